The molecule has 0 N–H and O–H groups in total. The van der Waals surface area contributed by atoms with Gasteiger partial charge in [0.05, 0.1) is 22.8 Å². The fraction of sp³-hybridized carbons (Fsp3) is 0.524. The second-order valence-electron chi connectivity index (χ2n) is 12.9. The summed E-state index contributed by atoms with van der Waals surface area (Å²) in [7, 11) is 0. The minimum Gasteiger partial charge on any atom is -0.873 e. The first kappa shape index (κ1) is 42.1. The van der Waals surface area contributed by atoms with Gasteiger partial charge < -0.3 is 10.2 Å². The Balaban J connectivity index is 0.000000661. The van der Waals surface area contributed by atoms with E-state index in [4.69, 9.17) is 9.98 Å². The third-order valence-electron chi connectivity index (χ3n) is 8.25. The van der Waals surface area contributed by atoms with Crippen molar-refractivity contribution in [1.29, 1.82) is 0 Å². The summed E-state index contributed by atoms with van der Waals surface area (Å²) in [5.74, 6) is -0.690. The summed E-state index contributed by atoms with van der Waals surface area (Å²) >= 11 is 0. The molecule has 0 aliphatic carbocycles. The van der Waals surface area contributed by atoms with Crippen LogP contribution < -0.4 is 10.2 Å². The molecule has 0 heterocycles. The largest absolute Gasteiger partial charge is 2.00 e. The van der Waals surface area contributed by atoms with Gasteiger partial charge in [0.2, 0.25) is 0 Å². The zero-order chi connectivity index (χ0) is 33.9. The van der Waals surface area contributed by atoms with Gasteiger partial charge in [-0.15, -0.1) is 11.5 Å². The van der Waals surface area contributed by atoms with E-state index in [0.717, 1.165) is 42.6 Å². The molecule has 260 valence electrons. The van der Waals surface area contributed by atoms with Gasteiger partial charge in [-0.05, 0) is 118 Å². The van der Waals surface area contributed by atoms with Crippen molar-refractivity contribution in [2.45, 2.75) is 145 Å². The predicted octanol–water partition coefficient (Wildman–Crippen LogP) is 11.4. The molecule has 5 heteroatoms. The van der Waals surface area contributed by atoms with Crippen molar-refractivity contribution < 1.29 is 26.7 Å². The second kappa shape index (κ2) is 23.4. The average molecular weight is 684 g/mol. The monoisotopic (exact) mass is 682 g/mol. The Morgan fingerprint density at radius 2 is 0.979 bits per heavy atom. The number of aliphatic imine (C=N–C) groups is 2. The van der Waals surface area contributed by atoms with E-state index >= 15 is 0 Å². The average Bonchev–Trinajstić information content (AvgIpc) is 2.99. The topological polar surface area (TPSA) is 70.8 Å². The Bertz CT molecular complexity index is 1370. The van der Waals surface area contributed by atoms with Gasteiger partial charge in [-0.25, -0.2) is 0 Å². The van der Waals surface area contributed by atoms with Crippen LogP contribution in [0.1, 0.15) is 138 Å². The zero-order valence-electron chi connectivity index (χ0n) is 30.5. The number of unbranched alkanes of at least 4 members (excludes halogenated alkanes) is 7. The Morgan fingerprint density at radius 3 is 1.43 bits per heavy atom. The summed E-state index contributed by atoms with van der Waals surface area (Å²) in [5, 5.41) is 22.4. The minimum absolute atomic E-state index is 0. The van der Waals surface area contributed by atoms with Gasteiger partial charge in [-0.1, -0.05) is 109 Å². The molecular formula is C42H60N2NiO2. The van der Waals surface area contributed by atoms with Crippen LogP contribution in [0.15, 0.2) is 58.5 Å². The standard InChI is InChI=1S/C31H46N2.C11H16O2.Ni/c1-7-9-11-12-13-15-17-31(33-29-22-26(5)19-27(6)23-29)30(16-14-10-8-2)32-28-20-24(3)18-25(4)21-28;1-3-5-8-6-7-10(12)11(13)9(8)4-2;/h18-23H,7-17H2,1-6H3;6-7,12-13H,3-5H2,1-2H3;/q;;+2/p-2. The fourth-order valence-corrected chi connectivity index (χ4v) is 6.02. The van der Waals surface area contributed by atoms with Crippen molar-refractivity contribution in [3.63, 3.8) is 0 Å². The van der Waals surface area contributed by atoms with E-state index < -0.39 is 0 Å². The number of hydrogen-bond acceptors (Lipinski definition) is 4. The molecule has 4 nitrogen and oxygen atoms in total. The first-order valence-electron chi connectivity index (χ1n) is 17.9. The molecule has 3 aromatic rings. The van der Waals surface area contributed by atoms with Crippen molar-refractivity contribution in [2.75, 3.05) is 0 Å². The first-order chi connectivity index (χ1) is 22.1. The van der Waals surface area contributed by atoms with Gasteiger partial charge in [0.15, 0.2) is 0 Å². The molecule has 0 spiro atoms. The van der Waals surface area contributed by atoms with Crippen LogP contribution in [-0.2, 0) is 29.3 Å². The molecule has 0 fully saturated rings. The molecule has 3 rings (SSSR count). The molecular weight excluding hydrogens is 623 g/mol. The first-order valence-corrected chi connectivity index (χ1v) is 17.9. The summed E-state index contributed by atoms with van der Waals surface area (Å²) in [5.41, 5.74) is 11.3. The van der Waals surface area contributed by atoms with E-state index in [-0.39, 0.29) is 28.0 Å². The van der Waals surface area contributed by atoms with Gasteiger partial charge in [-0.2, -0.15) is 0 Å². The minimum atomic E-state index is -0.378. The fourth-order valence-electron chi connectivity index (χ4n) is 6.02. The number of rotatable bonds is 17. The molecule has 0 aromatic heterocycles. The molecule has 0 atom stereocenters. The van der Waals surface area contributed by atoms with Gasteiger partial charge in [0.25, 0.3) is 0 Å². The summed E-state index contributed by atoms with van der Waals surface area (Å²) in [4.78, 5) is 10.4. The van der Waals surface area contributed by atoms with Crippen LogP contribution in [0.3, 0.4) is 0 Å². The van der Waals surface area contributed by atoms with Crippen LogP contribution in [0.25, 0.3) is 0 Å². The number of benzene rings is 3. The maximum Gasteiger partial charge on any atom is 2.00 e. The maximum absolute atomic E-state index is 11.4. The van der Waals surface area contributed by atoms with Gasteiger partial charge >= 0.3 is 16.5 Å². The summed E-state index contributed by atoms with van der Waals surface area (Å²) in [6.07, 6.45) is 16.0. The summed E-state index contributed by atoms with van der Waals surface area (Å²) in [6, 6.07) is 16.4. The molecule has 3 aromatic carbocycles. The Hall–Kier alpha value is -2.91. The van der Waals surface area contributed by atoms with Crippen LogP contribution >= 0.6 is 0 Å². The van der Waals surface area contributed by atoms with Crippen molar-refractivity contribution >= 4 is 22.8 Å². The number of hydrogen-bond donors (Lipinski definition) is 0. The second-order valence-corrected chi connectivity index (χ2v) is 12.9. The van der Waals surface area contributed by atoms with Gasteiger partial charge in [0.1, 0.15) is 0 Å². The van der Waals surface area contributed by atoms with Gasteiger partial charge in [0, 0.05) is 0 Å². The van der Waals surface area contributed by atoms with Crippen LogP contribution in [-0.4, -0.2) is 11.4 Å². The number of aryl methyl sites for hydroxylation is 5. The zero-order valence-corrected chi connectivity index (χ0v) is 31.5. The molecule has 0 bridgehead atoms. The molecule has 47 heavy (non-hydrogen) atoms. The predicted molar refractivity (Wildman–Crippen MR) is 197 cm³/mol. The van der Waals surface area contributed by atoms with Gasteiger partial charge in [-0.3, -0.25) is 9.98 Å². The van der Waals surface area contributed by atoms with E-state index in [0.29, 0.717) is 12.0 Å². The maximum atomic E-state index is 11.4. The van der Waals surface area contributed by atoms with Crippen LogP contribution in [0.2, 0.25) is 0 Å². The molecule has 0 unspecified atom stereocenters. The Labute approximate surface area is 297 Å². The smallest absolute Gasteiger partial charge is 0.873 e. The van der Waals surface area contributed by atoms with E-state index in [1.54, 1.807) is 6.07 Å². The van der Waals surface area contributed by atoms with E-state index in [1.807, 2.05) is 6.92 Å². The van der Waals surface area contributed by atoms with Crippen LogP contribution in [0.5, 0.6) is 11.5 Å². The molecule has 0 amide bonds. The van der Waals surface area contributed by atoms with E-state index in [1.165, 1.54) is 97.5 Å². The van der Waals surface area contributed by atoms with Crippen molar-refractivity contribution in [1.82, 2.24) is 0 Å². The third kappa shape index (κ3) is 15.7. The molecule has 0 aliphatic rings. The number of nitrogens with zero attached hydrogens (tertiary/aromatic N) is 2. The van der Waals surface area contributed by atoms with Crippen molar-refractivity contribution in [3.05, 3.63) is 81.9 Å². The summed E-state index contributed by atoms with van der Waals surface area (Å²) in [6.45, 7) is 17.1. The molecule has 0 radical (unpaired) electrons. The SMILES string of the molecule is CCCCCCCCC(=Nc1cc(C)cc(C)c1)C(CCCCC)=Nc1cc(C)cc(C)c1.CCCc1ccc([O-])c([O-])c1CC.[Ni+2]. The van der Waals surface area contributed by atoms with E-state index in [2.05, 4.69) is 84.9 Å². The molecule has 0 saturated carbocycles. The van der Waals surface area contributed by atoms with Crippen molar-refractivity contribution in [3.8, 4) is 11.5 Å². The quantitative estimate of drug-likeness (QED) is 0.0807. The van der Waals surface area contributed by atoms with Crippen molar-refractivity contribution in [2.24, 2.45) is 9.98 Å². The van der Waals surface area contributed by atoms with Crippen LogP contribution in [0.4, 0.5) is 11.4 Å². The Kier molecular flexibility index (Phi) is 21.0. The summed E-state index contributed by atoms with van der Waals surface area (Å²) < 4.78 is 0. The van der Waals surface area contributed by atoms with Crippen LogP contribution in [0, 0.1) is 27.7 Å². The Morgan fingerprint density at radius 1 is 0.553 bits per heavy atom. The third-order valence-corrected chi connectivity index (χ3v) is 8.25. The van der Waals surface area contributed by atoms with E-state index in [9.17, 15) is 10.2 Å². The molecule has 0 aliphatic heterocycles. The normalized spacial score (nSPS) is 11.6. The molecule has 0 saturated heterocycles.